The van der Waals surface area contributed by atoms with E-state index >= 15 is 0 Å². The second-order valence-corrected chi connectivity index (χ2v) is 4.08. The van der Waals surface area contributed by atoms with Gasteiger partial charge >= 0.3 is 0 Å². The minimum Gasteiger partial charge on any atom is -0.333 e. The largest absolute Gasteiger partial charge is 0.333 e. The third kappa shape index (κ3) is 2.13. The summed E-state index contributed by atoms with van der Waals surface area (Å²) in [5.74, 6) is 1.18. The molecule has 2 N–H and O–H groups in total. The standard InChI is InChI=1S/C10H18N4/c1-9(11)2-4-13-6-7-14-5-3-12-10(14)8-13/h3,5,9H,2,4,6-8,11H2,1H3. The Bertz CT molecular complexity index is 292. The number of nitrogens with zero attached hydrogens (tertiary/aromatic N) is 3. The average molecular weight is 194 g/mol. The summed E-state index contributed by atoms with van der Waals surface area (Å²) in [6.45, 7) is 6.31. The molecular weight excluding hydrogens is 176 g/mol. The van der Waals surface area contributed by atoms with E-state index in [2.05, 4.69) is 27.6 Å². The quantitative estimate of drug-likeness (QED) is 0.759. The van der Waals surface area contributed by atoms with E-state index in [1.807, 2.05) is 6.20 Å². The maximum absolute atomic E-state index is 5.74. The van der Waals surface area contributed by atoms with Gasteiger partial charge in [0.05, 0.1) is 6.54 Å². The number of aromatic nitrogens is 2. The molecular formula is C10H18N4. The summed E-state index contributed by atoms with van der Waals surface area (Å²) in [6, 6.07) is 0.302. The molecule has 4 nitrogen and oxygen atoms in total. The predicted octanol–water partition coefficient (Wildman–Crippen LogP) is 0.436. The number of hydrogen-bond acceptors (Lipinski definition) is 3. The number of fused-ring (bicyclic) bond motifs is 1. The molecule has 2 heterocycles. The molecule has 14 heavy (non-hydrogen) atoms. The van der Waals surface area contributed by atoms with Crippen LogP contribution in [0.2, 0.25) is 0 Å². The number of rotatable bonds is 3. The zero-order valence-corrected chi connectivity index (χ0v) is 8.69. The van der Waals surface area contributed by atoms with Gasteiger partial charge in [-0.25, -0.2) is 4.98 Å². The minimum absolute atomic E-state index is 0.302. The van der Waals surface area contributed by atoms with Gasteiger partial charge in [0.1, 0.15) is 5.82 Å². The van der Waals surface area contributed by atoms with Crippen molar-refractivity contribution >= 4 is 0 Å². The second kappa shape index (κ2) is 4.11. The van der Waals surface area contributed by atoms with Gasteiger partial charge in [0.25, 0.3) is 0 Å². The molecule has 1 aliphatic rings. The number of nitrogens with two attached hydrogens (primary N) is 1. The van der Waals surface area contributed by atoms with E-state index in [0.29, 0.717) is 6.04 Å². The molecule has 1 atom stereocenters. The van der Waals surface area contributed by atoms with Gasteiger partial charge < -0.3 is 10.3 Å². The van der Waals surface area contributed by atoms with Crippen LogP contribution in [0.1, 0.15) is 19.2 Å². The SMILES string of the molecule is CC(N)CCN1CCn2ccnc2C1. The molecule has 1 unspecified atom stereocenters. The van der Waals surface area contributed by atoms with Crippen LogP contribution in [0.5, 0.6) is 0 Å². The van der Waals surface area contributed by atoms with Crippen LogP contribution < -0.4 is 5.73 Å². The highest BCUT2D eigenvalue weighted by atomic mass is 15.2. The highest BCUT2D eigenvalue weighted by Crippen LogP contribution is 2.10. The van der Waals surface area contributed by atoms with E-state index < -0.39 is 0 Å². The van der Waals surface area contributed by atoms with Gasteiger partial charge in [-0.05, 0) is 13.3 Å². The third-order valence-electron chi connectivity index (χ3n) is 2.72. The summed E-state index contributed by atoms with van der Waals surface area (Å²) in [7, 11) is 0. The lowest BCUT2D eigenvalue weighted by atomic mass is 10.2. The Kier molecular flexibility index (Phi) is 2.84. The van der Waals surface area contributed by atoms with Crippen molar-refractivity contribution in [3.8, 4) is 0 Å². The van der Waals surface area contributed by atoms with Gasteiger partial charge in [0.15, 0.2) is 0 Å². The van der Waals surface area contributed by atoms with Crippen LogP contribution >= 0.6 is 0 Å². The van der Waals surface area contributed by atoms with E-state index in [9.17, 15) is 0 Å². The van der Waals surface area contributed by atoms with E-state index in [1.165, 1.54) is 5.82 Å². The first-order valence-electron chi connectivity index (χ1n) is 5.23. The first-order valence-corrected chi connectivity index (χ1v) is 5.23. The molecule has 0 amide bonds. The maximum Gasteiger partial charge on any atom is 0.122 e. The Labute approximate surface area is 84.7 Å². The molecule has 0 saturated carbocycles. The van der Waals surface area contributed by atoms with E-state index in [0.717, 1.165) is 32.6 Å². The predicted molar refractivity (Wildman–Crippen MR) is 55.8 cm³/mol. The van der Waals surface area contributed by atoms with Gasteiger partial charge in [-0.1, -0.05) is 0 Å². The molecule has 0 aromatic carbocycles. The molecule has 78 valence electrons. The highest BCUT2D eigenvalue weighted by molar-refractivity contribution is 4.95. The van der Waals surface area contributed by atoms with E-state index in [1.54, 1.807) is 0 Å². The van der Waals surface area contributed by atoms with Crippen LogP contribution in [0.4, 0.5) is 0 Å². The lowest BCUT2D eigenvalue weighted by molar-refractivity contribution is 0.211. The van der Waals surface area contributed by atoms with Gasteiger partial charge in [0, 0.05) is 38.1 Å². The highest BCUT2D eigenvalue weighted by Gasteiger charge is 2.15. The molecule has 1 aliphatic heterocycles. The summed E-state index contributed by atoms with van der Waals surface area (Å²) in [4.78, 5) is 6.75. The molecule has 0 aliphatic carbocycles. The van der Waals surface area contributed by atoms with Crippen molar-refractivity contribution < 1.29 is 0 Å². The van der Waals surface area contributed by atoms with E-state index in [-0.39, 0.29) is 0 Å². The lowest BCUT2D eigenvalue weighted by Gasteiger charge is -2.27. The summed E-state index contributed by atoms with van der Waals surface area (Å²) in [5, 5.41) is 0. The topological polar surface area (TPSA) is 47.1 Å². The van der Waals surface area contributed by atoms with Crippen molar-refractivity contribution in [1.29, 1.82) is 0 Å². The molecule has 0 spiro atoms. The average Bonchev–Trinajstić information content (AvgIpc) is 2.61. The zero-order valence-electron chi connectivity index (χ0n) is 8.69. The van der Waals surface area contributed by atoms with Crippen molar-refractivity contribution in [3.05, 3.63) is 18.2 Å². The fourth-order valence-corrected chi connectivity index (χ4v) is 1.80. The van der Waals surface area contributed by atoms with Crippen LogP contribution in [0.3, 0.4) is 0 Å². The maximum atomic E-state index is 5.74. The van der Waals surface area contributed by atoms with Crippen molar-refractivity contribution in [2.45, 2.75) is 32.5 Å². The number of hydrogen-bond donors (Lipinski definition) is 1. The molecule has 0 fully saturated rings. The smallest absolute Gasteiger partial charge is 0.122 e. The summed E-state index contributed by atoms with van der Waals surface area (Å²) >= 11 is 0. The Morgan fingerprint density at radius 1 is 1.57 bits per heavy atom. The Morgan fingerprint density at radius 3 is 3.21 bits per heavy atom. The molecule has 4 heteroatoms. The summed E-state index contributed by atoms with van der Waals surface area (Å²) in [6.07, 6.45) is 5.00. The van der Waals surface area contributed by atoms with Gasteiger partial charge in [-0.15, -0.1) is 0 Å². The van der Waals surface area contributed by atoms with Crippen LogP contribution in [-0.4, -0.2) is 33.6 Å². The zero-order chi connectivity index (χ0) is 9.97. The first-order chi connectivity index (χ1) is 6.75. The Balaban J connectivity index is 1.88. The molecule has 0 radical (unpaired) electrons. The molecule has 0 saturated heterocycles. The molecule has 1 aromatic heterocycles. The third-order valence-corrected chi connectivity index (χ3v) is 2.72. The van der Waals surface area contributed by atoms with Crippen molar-refractivity contribution in [2.75, 3.05) is 13.1 Å². The van der Waals surface area contributed by atoms with Crippen LogP contribution in [0.25, 0.3) is 0 Å². The minimum atomic E-state index is 0.302. The fourth-order valence-electron chi connectivity index (χ4n) is 1.80. The van der Waals surface area contributed by atoms with Crippen LogP contribution in [0.15, 0.2) is 12.4 Å². The Morgan fingerprint density at radius 2 is 2.43 bits per heavy atom. The summed E-state index contributed by atoms with van der Waals surface area (Å²) in [5.41, 5.74) is 5.74. The van der Waals surface area contributed by atoms with Gasteiger partial charge in [0.2, 0.25) is 0 Å². The van der Waals surface area contributed by atoms with Crippen LogP contribution in [0, 0.1) is 0 Å². The normalized spacial score (nSPS) is 19.3. The molecule has 1 aromatic rings. The van der Waals surface area contributed by atoms with Crippen molar-refractivity contribution in [1.82, 2.24) is 14.5 Å². The van der Waals surface area contributed by atoms with Gasteiger partial charge in [-0.3, -0.25) is 4.90 Å². The monoisotopic (exact) mass is 194 g/mol. The lowest BCUT2D eigenvalue weighted by Crippen LogP contribution is -2.36. The first kappa shape index (κ1) is 9.68. The summed E-state index contributed by atoms with van der Waals surface area (Å²) < 4.78 is 2.22. The fraction of sp³-hybridized carbons (Fsp3) is 0.700. The van der Waals surface area contributed by atoms with E-state index in [4.69, 9.17) is 5.73 Å². The second-order valence-electron chi connectivity index (χ2n) is 4.08. The molecule has 2 rings (SSSR count). The van der Waals surface area contributed by atoms with Gasteiger partial charge in [-0.2, -0.15) is 0 Å². The number of imidazole rings is 1. The van der Waals surface area contributed by atoms with Crippen molar-refractivity contribution in [3.63, 3.8) is 0 Å². The van der Waals surface area contributed by atoms with Crippen LogP contribution in [-0.2, 0) is 13.1 Å². The Hall–Kier alpha value is -0.870. The van der Waals surface area contributed by atoms with Crippen molar-refractivity contribution in [2.24, 2.45) is 5.73 Å². The molecule has 0 bridgehead atoms.